The first-order valence-electron chi connectivity index (χ1n) is 12.6. The molecule has 12 heteroatoms. The van der Waals surface area contributed by atoms with Gasteiger partial charge in [-0.15, -0.1) is 0 Å². The average molecular weight is 658 g/mol. The summed E-state index contributed by atoms with van der Waals surface area (Å²) in [7, 11) is -2.78. The summed E-state index contributed by atoms with van der Waals surface area (Å²) < 4.78 is 34.7. The minimum Gasteiger partial charge on any atom is -0.467 e. The highest BCUT2D eigenvalue weighted by Crippen LogP contribution is 2.34. The van der Waals surface area contributed by atoms with Gasteiger partial charge in [0.05, 0.1) is 31.4 Å². The van der Waals surface area contributed by atoms with Crippen molar-refractivity contribution in [3.05, 3.63) is 101 Å². The molecule has 0 aliphatic rings. The van der Waals surface area contributed by atoms with Gasteiger partial charge in [-0.05, 0) is 75.8 Å². The van der Waals surface area contributed by atoms with Crippen LogP contribution in [-0.2, 0) is 26.1 Å². The van der Waals surface area contributed by atoms with E-state index in [0.717, 1.165) is 0 Å². The Bertz CT molecular complexity index is 1600. The highest BCUT2D eigenvalue weighted by Gasteiger charge is 2.29. The minimum atomic E-state index is -4.06. The minimum absolute atomic E-state index is 0.0253. The molecule has 3 aromatic carbocycles. The van der Waals surface area contributed by atoms with Crippen molar-refractivity contribution in [2.45, 2.75) is 23.9 Å². The molecule has 0 saturated carbocycles. The second kappa shape index (κ2) is 13.8. The molecule has 0 bridgehead atoms. The monoisotopic (exact) mass is 656 g/mol. The molecule has 4 rings (SSSR count). The highest BCUT2D eigenvalue weighted by atomic mass is 79.9. The SMILES string of the molecule is COC(=O)[C@H](CCSC)NC(=O)c1ccc(N(Cc2cnc[nH]2)S(=O)(=O)c2ccccc2Br)cc1-c1ccccc1. The van der Waals surface area contributed by atoms with Crippen LogP contribution >= 0.6 is 27.7 Å². The number of sulfonamides is 1. The number of H-pyrrole nitrogens is 1. The normalized spacial score (nSPS) is 12.0. The van der Waals surface area contributed by atoms with E-state index in [1.807, 2.05) is 36.6 Å². The van der Waals surface area contributed by atoms with E-state index in [4.69, 9.17) is 4.74 Å². The predicted molar refractivity (Wildman–Crippen MR) is 164 cm³/mol. The molecule has 4 aromatic rings. The second-order valence-corrected chi connectivity index (χ2v) is 12.6. The number of nitrogens with zero attached hydrogens (tertiary/aromatic N) is 2. The van der Waals surface area contributed by atoms with E-state index < -0.39 is 27.9 Å². The summed E-state index contributed by atoms with van der Waals surface area (Å²) in [6.45, 7) is -0.0253. The van der Waals surface area contributed by atoms with Crippen molar-refractivity contribution >= 4 is 55.3 Å². The van der Waals surface area contributed by atoms with Gasteiger partial charge in [-0.1, -0.05) is 42.5 Å². The fraction of sp³-hybridized carbons (Fsp3) is 0.207. The maximum Gasteiger partial charge on any atom is 0.328 e. The molecule has 1 aromatic heterocycles. The summed E-state index contributed by atoms with van der Waals surface area (Å²) in [5.41, 5.74) is 2.43. The van der Waals surface area contributed by atoms with Gasteiger partial charge in [0.1, 0.15) is 10.9 Å². The number of aromatic nitrogens is 2. The maximum atomic E-state index is 14.0. The first kappa shape index (κ1) is 30.4. The summed E-state index contributed by atoms with van der Waals surface area (Å²) in [5.74, 6) is -0.351. The van der Waals surface area contributed by atoms with Crippen molar-refractivity contribution in [2.24, 2.45) is 0 Å². The zero-order valence-electron chi connectivity index (χ0n) is 22.4. The van der Waals surface area contributed by atoms with E-state index in [2.05, 4.69) is 31.2 Å². The molecule has 0 aliphatic carbocycles. The van der Waals surface area contributed by atoms with E-state index in [1.165, 1.54) is 23.8 Å². The van der Waals surface area contributed by atoms with Gasteiger partial charge < -0.3 is 15.0 Å². The predicted octanol–water partition coefficient (Wildman–Crippen LogP) is 5.26. The van der Waals surface area contributed by atoms with Crippen LogP contribution in [0.5, 0.6) is 0 Å². The molecule has 0 spiro atoms. The van der Waals surface area contributed by atoms with Crippen molar-refractivity contribution in [3.63, 3.8) is 0 Å². The Hall–Kier alpha value is -3.61. The smallest absolute Gasteiger partial charge is 0.328 e. The molecule has 1 amide bonds. The van der Waals surface area contributed by atoms with Crippen LogP contribution < -0.4 is 9.62 Å². The number of methoxy groups -OCH3 is 1. The molecule has 1 heterocycles. The summed E-state index contributed by atoms with van der Waals surface area (Å²) in [5, 5.41) is 2.80. The van der Waals surface area contributed by atoms with Crippen LogP contribution in [0.2, 0.25) is 0 Å². The number of ether oxygens (including phenoxy) is 1. The number of halogens is 1. The van der Waals surface area contributed by atoms with Gasteiger partial charge in [-0.3, -0.25) is 9.10 Å². The molecule has 1 atom stereocenters. The molecular weight excluding hydrogens is 628 g/mol. The third-order valence-corrected chi connectivity index (χ3v) is 9.73. The van der Waals surface area contributed by atoms with Crippen LogP contribution in [0, 0.1) is 0 Å². The molecule has 41 heavy (non-hydrogen) atoms. The number of carbonyl (C=O) groups is 2. The van der Waals surface area contributed by atoms with Gasteiger partial charge in [0.25, 0.3) is 15.9 Å². The largest absolute Gasteiger partial charge is 0.467 e. The van der Waals surface area contributed by atoms with E-state index >= 15 is 0 Å². The molecule has 0 unspecified atom stereocenters. The Morgan fingerprint density at radius 2 is 1.83 bits per heavy atom. The van der Waals surface area contributed by atoms with Crippen molar-refractivity contribution in [1.82, 2.24) is 15.3 Å². The quantitative estimate of drug-likeness (QED) is 0.200. The Balaban J connectivity index is 1.82. The number of nitrogens with one attached hydrogen (secondary N) is 2. The van der Waals surface area contributed by atoms with Gasteiger partial charge in [-0.2, -0.15) is 11.8 Å². The number of aromatic amines is 1. The topological polar surface area (TPSA) is 121 Å². The van der Waals surface area contributed by atoms with Gasteiger partial charge in [0.2, 0.25) is 0 Å². The van der Waals surface area contributed by atoms with Crippen LogP contribution in [0.25, 0.3) is 11.1 Å². The lowest BCUT2D eigenvalue weighted by Crippen LogP contribution is -2.42. The van der Waals surface area contributed by atoms with Gasteiger partial charge in [0.15, 0.2) is 0 Å². The molecule has 214 valence electrons. The lowest BCUT2D eigenvalue weighted by atomic mass is 9.98. The number of hydrogen-bond donors (Lipinski definition) is 2. The van der Waals surface area contributed by atoms with Crippen molar-refractivity contribution in [1.29, 1.82) is 0 Å². The van der Waals surface area contributed by atoms with E-state index in [0.29, 0.717) is 39.2 Å². The van der Waals surface area contributed by atoms with E-state index in [-0.39, 0.29) is 17.0 Å². The zero-order valence-corrected chi connectivity index (χ0v) is 25.6. The van der Waals surface area contributed by atoms with Crippen LogP contribution in [0.15, 0.2) is 94.7 Å². The average Bonchev–Trinajstić information content (AvgIpc) is 3.51. The molecule has 0 radical (unpaired) electrons. The third-order valence-electron chi connectivity index (χ3n) is 6.30. The van der Waals surface area contributed by atoms with Gasteiger partial charge >= 0.3 is 5.97 Å². The fourth-order valence-corrected chi connectivity index (χ4v) is 7.09. The van der Waals surface area contributed by atoms with E-state index in [9.17, 15) is 18.0 Å². The molecule has 2 N–H and O–H groups in total. The Kier molecular flexibility index (Phi) is 10.2. The number of hydrogen-bond acceptors (Lipinski definition) is 7. The molecule has 0 saturated heterocycles. The number of esters is 1. The van der Waals surface area contributed by atoms with Crippen molar-refractivity contribution in [3.8, 4) is 11.1 Å². The lowest BCUT2D eigenvalue weighted by molar-refractivity contribution is -0.142. The Morgan fingerprint density at radius 1 is 1.10 bits per heavy atom. The number of rotatable bonds is 12. The number of imidazole rings is 1. The summed E-state index contributed by atoms with van der Waals surface area (Å²) in [4.78, 5) is 33.0. The highest BCUT2D eigenvalue weighted by molar-refractivity contribution is 9.10. The summed E-state index contributed by atoms with van der Waals surface area (Å²) in [6.07, 6.45) is 5.36. The number of thioether (sulfide) groups is 1. The van der Waals surface area contributed by atoms with Crippen LogP contribution in [0.3, 0.4) is 0 Å². The number of amides is 1. The molecule has 9 nitrogen and oxygen atoms in total. The standard InChI is InChI=1S/C29H29BrN4O5S2/c1-39-29(36)26(14-15-40-2)33-28(35)23-13-12-22(16-24(23)20-8-4-3-5-9-20)34(18-21-17-31-19-32-21)41(37,38)27-11-7-6-10-25(27)30/h3-13,16-17,19,26H,14-15,18H2,1-2H3,(H,31,32)(H,33,35)/t26-/m0/s1. The van der Waals surface area contributed by atoms with Gasteiger partial charge in [0, 0.05) is 16.2 Å². The molecule has 0 fully saturated rings. The zero-order chi connectivity index (χ0) is 29.4. The van der Waals surface area contributed by atoms with Crippen LogP contribution in [-0.4, -0.2) is 55.4 Å². The number of benzene rings is 3. The number of anilines is 1. The Labute approximate surface area is 251 Å². The van der Waals surface area contributed by atoms with E-state index in [1.54, 1.807) is 54.4 Å². The summed E-state index contributed by atoms with van der Waals surface area (Å²) in [6, 6.07) is 19.8. The van der Waals surface area contributed by atoms with Crippen molar-refractivity contribution < 1.29 is 22.7 Å². The third kappa shape index (κ3) is 7.19. The van der Waals surface area contributed by atoms with Crippen LogP contribution in [0.1, 0.15) is 22.5 Å². The Morgan fingerprint density at radius 3 is 2.49 bits per heavy atom. The lowest BCUT2D eigenvalue weighted by Gasteiger charge is -2.26. The molecule has 0 aliphatic heterocycles. The van der Waals surface area contributed by atoms with Crippen LogP contribution in [0.4, 0.5) is 5.69 Å². The fourth-order valence-electron chi connectivity index (χ4n) is 4.22. The van der Waals surface area contributed by atoms with Gasteiger partial charge in [-0.25, -0.2) is 18.2 Å². The van der Waals surface area contributed by atoms with Crippen molar-refractivity contribution in [2.75, 3.05) is 23.4 Å². The first-order valence-corrected chi connectivity index (χ1v) is 16.2. The number of carbonyl (C=O) groups excluding carboxylic acids is 2. The first-order chi connectivity index (χ1) is 19.8. The summed E-state index contributed by atoms with van der Waals surface area (Å²) >= 11 is 4.93. The second-order valence-electron chi connectivity index (χ2n) is 8.95. The molecular formula is C29H29BrN4O5S2. The maximum absolute atomic E-state index is 14.0.